The summed E-state index contributed by atoms with van der Waals surface area (Å²) in [5, 5.41) is 17.6. The Morgan fingerprint density at radius 2 is 1.84 bits per heavy atom. The zero-order valence-electron chi connectivity index (χ0n) is 28.3. The first-order valence-corrected chi connectivity index (χ1v) is 19.9. The van der Waals surface area contributed by atoms with Gasteiger partial charge in [0.2, 0.25) is 14.3 Å². The molecule has 256 valence electrons. The van der Waals surface area contributed by atoms with Gasteiger partial charge in [-0.15, -0.1) is 5.10 Å². The molecule has 4 heterocycles. The number of ether oxygens (including phenoxy) is 2. The number of carbonyl (C=O) groups excluding carboxylic acids is 2. The lowest BCUT2D eigenvalue weighted by Crippen LogP contribution is -2.45. The van der Waals surface area contributed by atoms with Gasteiger partial charge in [0.15, 0.2) is 5.60 Å². The molecule has 1 aromatic heterocycles. The number of aryl methyl sites for hydroxylation is 2. The first-order chi connectivity index (χ1) is 23.5. The number of aromatic nitrogens is 3. The summed E-state index contributed by atoms with van der Waals surface area (Å²) < 4.78 is 30.5. The third kappa shape index (κ3) is 5.75. The van der Waals surface area contributed by atoms with Gasteiger partial charge in [0, 0.05) is 54.9 Å². The average Bonchev–Trinajstić information content (AvgIpc) is 3.73. The van der Waals surface area contributed by atoms with Crippen molar-refractivity contribution < 1.29 is 28.3 Å². The highest BCUT2D eigenvalue weighted by Crippen LogP contribution is 2.60. The molecule has 10 nitrogen and oxygen atoms in total. The Hall–Kier alpha value is -4.39. The maximum absolute atomic E-state index is 16.3. The molecule has 12 heteroatoms. The SMILES string of the molecule is COc1ccc2c(c1)[C@]1(O[C@@H](CCn3cc(CCO)nn3)[C@H]([Si](C)(C)F)[C@H]1C)C(=O)N2Cc1ccc(N2C(=O)CCc3ccccc32)cc1. The largest absolute Gasteiger partial charge is 0.497 e. The second-order valence-corrected chi connectivity index (χ2v) is 17.6. The molecule has 0 aliphatic carbocycles. The van der Waals surface area contributed by atoms with Gasteiger partial charge < -0.3 is 23.6 Å². The molecule has 0 unspecified atom stereocenters. The molecule has 0 saturated carbocycles. The molecule has 7 rings (SSSR count). The van der Waals surface area contributed by atoms with Crippen molar-refractivity contribution in [3.63, 3.8) is 0 Å². The summed E-state index contributed by atoms with van der Waals surface area (Å²) in [5.41, 5.74) is 3.94. The number of hydrogen-bond acceptors (Lipinski definition) is 7. The maximum atomic E-state index is 16.3. The van der Waals surface area contributed by atoms with Crippen molar-refractivity contribution >= 4 is 37.3 Å². The Morgan fingerprint density at radius 1 is 1.06 bits per heavy atom. The minimum absolute atomic E-state index is 0.0214. The van der Waals surface area contributed by atoms with E-state index in [0.717, 1.165) is 28.9 Å². The summed E-state index contributed by atoms with van der Waals surface area (Å²) in [6.07, 6.45) is 3.29. The van der Waals surface area contributed by atoms with Gasteiger partial charge in [-0.25, -0.2) is 0 Å². The van der Waals surface area contributed by atoms with Crippen molar-refractivity contribution in [1.82, 2.24) is 15.0 Å². The lowest BCUT2D eigenvalue weighted by molar-refractivity contribution is -0.146. The number of anilines is 3. The van der Waals surface area contributed by atoms with Gasteiger partial charge in [-0.1, -0.05) is 42.5 Å². The standard InChI is InChI=1S/C37H42FN5O5Si/c1-24-35(49(3,4)38)33(17-19-41-23-27(18-20-44)39-40-41)48-37(24)30-21-29(47-2)14-15-32(30)42(36(37)46)22-25-9-12-28(13-10-25)43-31-8-6-5-7-26(31)11-16-34(43)45/h5-10,12-15,21,23-24,33,35,44H,11,16-20,22H2,1-4H3/t24-,33+,35-,37+/m1/s1. The molecule has 49 heavy (non-hydrogen) atoms. The van der Waals surface area contributed by atoms with E-state index in [1.165, 1.54) is 0 Å². The average molecular weight is 684 g/mol. The van der Waals surface area contributed by atoms with Crippen LogP contribution in [-0.2, 0) is 45.9 Å². The van der Waals surface area contributed by atoms with E-state index < -0.39 is 31.6 Å². The van der Waals surface area contributed by atoms with Crippen LogP contribution in [0, 0.1) is 5.92 Å². The molecular formula is C37H42FN5O5Si. The predicted molar refractivity (Wildman–Crippen MR) is 186 cm³/mol. The van der Waals surface area contributed by atoms with Crippen LogP contribution in [0.3, 0.4) is 0 Å². The lowest BCUT2D eigenvalue weighted by Gasteiger charge is -2.31. The predicted octanol–water partition coefficient (Wildman–Crippen LogP) is 5.84. The minimum Gasteiger partial charge on any atom is -0.497 e. The van der Waals surface area contributed by atoms with Crippen molar-refractivity contribution in [2.45, 2.75) is 76.0 Å². The number of halogens is 1. The summed E-state index contributed by atoms with van der Waals surface area (Å²) in [6, 6.07) is 21.3. The molecule has 0 bridgehead atoms. The highest BCUT2D eigenvalue weighted by Gasteiger charge is 2.66. The van der Waals surface area contributed by atoms with Crippen LogP contribution in [0.15, 0.2) is 72.9 Å². The van der Waals surface area contributed by atoms with E-state index in [-0.39, 0.29) is 25.0 Å². The topological polar surface area (TPSA) is 110 Å². The van der Waals surface area contributed by atoms with Crippen LogP contribution < -0.4 is 14.5 Å². The molecule has 4 atom stereocenters. The van der Waals surface area contributed by atoms with Crippen molar-refractivity contribution in [2.24, 2.45) is 5.92 Å². The van der Waals surface area contributed by atoms with E-state index in [0.29, 0.717) is 48.5 Å². The summed E-state index contributed by atoms with van der Waals surface area (Å²) >= 11 is 0. The molecule has 1 saturated heterocycles. The highest BCUT2D eigenvalue weighted by atomic mass is 28.4. The van der Waals surface area contributed by atoms with E-state index in [4.69, 9.17) is 9.47 Å². The van der Waals surface area contributed by atoms with E-state index >= 15 is 4.11 Å². The molecule has 2 amide bonds. The van der Waals surface area contributed by atoms with Crippen molar-refractivity contribution in [3.8, 4) is 5.75 Å². The normalized spacial score (nSPS) is 23.3. The van der Waals surface area contributed by atoms with Gasteiger partial charge in [-0.2, -0.15) is 0 Å². The van der Waals surface area contributed by atoms with Crippen LogP contribution in [0.1, 0.15) is 42.1 Å². The zero-order valence-corrected chi connectivity index (χ0v) is 29.3. The quantitative estimate of drug-likeness (QED) is 0.165. The summed E-state index contributed by atoms with van der Waals surface area (Å²) in [4.78, 5) is 31.3. The van der Waals surface area contributed by atoms with Gasteiger partial charge >= 0.3 is 0 Å². The van der Waals surface area contributed by atoms with Gasteiger partial charge in [-0.05, 0) is 73.5 Å². The van der Waals surface area contributed by atoms with Crippen molar-refractivity contribution in [1.29, 1.82) is 0 Å². The Morgan fingerprint density at radius 3 is 2.57 bits per heavy atom. The Kier molecular flexibility index (Phi) is 8.66. The van der Waals surface area contributed by atoms with Gasteiger partial charge in [-0.3, -0.25) is 19.2 Å². The Labute approximate surface area is 286 Å². The fourth-order valence-corrected chi connectivity index (χ4v) is 10.7. The monoisotopic (exact) mass is 683 g/mol. The molecule has 3 aliphatic rings. The number of amides is 2. The third-order valence-corrected chi connectivity index (χ3v) is 12.8. The summed E-state index contributed by atoms with van der Waals surface area (Å²) in [7, 11) is -1.77. The molecule has 0 radical (unpaired) electrons. The second-order valence-electron chi connectivity index (χ2n) is 13.8. The Bertz CT molecular complexity index is 1880. The number of fused-ring (bicyclic) bond motifs is 3. The molecule has 3 aromatic carbocycles. The van der Waals surface area contributed by atoms with Crippen molar-refractivity contribution in [2.75, 3.05) is 23.5 Å². The lowest BCUT2D eigenvalue weighted by atomic mass is 9.82. The number of aliphatic hydroxyl groups is 1. The van der Waals surface area contributed by atoms with E-state index in [1.807, 2.05) is 67.6 Å². The van der Waals surface area contributed by atoms with Crippen LogP contribution in [0.25, 0.3) is 0 Å². The molecule has 1 spiro atoms. The molecule has 3 aliphatic heterocycles. The maximum Gasteiger partial charge on any atom is 0.264 e. The fourth-order valence-electron chi connectivity index (χ4n) is 8.16. The van der Waals surface area contributed by atoms with Gasteiger partial charge in [0.1, 0.15) is 5.75 Å². The minimum atomic E-state index is -3.35. The number of para-hydroxylation sites is 1. The summed E-state index contributed by atoms with van der Waals surface area (Å²) in [5.74, 6) is -0.0172. The van der Waals surface area contributed by atoms with Crippen LogP contribution in [0.2, 0.25) is 18.6 Å². The number of nitrogens with zero attached hydrogens (tertiary/aromatic N) is 5. The first-order valence-electron chi connectivity index (χ1n) is 16.9. The number of hydrogen-bond donors (Lipinski definition) is 1. The molecule has 1 N–H and O–H groups in total. The first kappa shape index (κ1) is 33.1. The fraction of sp³-hybridized carbons (Fsp3) is 0.405. The van der Waals surface area contributed by atoms with Crippen molar-refractivity contribution in [3.05, 3.63) is 95.3 Å². The smallest absolute Gasteiger partial charge is 0.264 e. The highest BCUT2D eigenvalue weighted by molar-refractivity contribution is 6.72. The summed E-state index contributed by atoms with van der Waals surface area (Å²) in [6.45, 7) is 6.02. The van der Waals surface area contributed by atoms with Gasteiger partial charge in [0.25, 0.3) is 5.91 Å². The molecule has 1 fully saturated rings. The van der Waals surface area contributed by atoms with Gasteiger partial charge in [0.05, 0.1) is 36.8 Å². The van der Waals surface area contributed by atoms with Crippen LogP contribution >= 0.6 is 0 Å². The van der Waals surface area contributed by atoms with E-state index in [9.17, 15) is 14.7 Å². The number of methoxy groups -OCH3 is 1. The van der Waals surface area contributed by atoms with Crippen LogP contribution in [0.4, 0.5) is 21.2 Å². The number of rotatable bonds is 10. The molecule has 4 aromatic rings. The number of benzene rings is 3. The van der Waals surface area contributed by atoms with Crippen LogP contribution in [-0.4, -0.2) is 60.1 Å². The zero-order chi connectivity index (χ0) is 34.5. The second kappa shape index (κ2) is 12.8. The van der Waals surface area contributed by atoms with E-state index in [1.54, 1.807) is 40.9 Å². The van der Waals surface area contributed by atoms with Crippen LogP contribution in [0.5, 0.6) is 5.75 Å². The number of carbonyl (C=O) groups is 2. The molecular weight excluding hydrogens is 642 g/mol. The Balaban J connectivity index is 1.19. The number of aliphatic hydroxyl groups excluding tert-OH is 1. The third-order valence-electron chi connectivity index (χ3n) is 10.4. The van der Waals surface area contributed by atoms with E-state index in [2.05, 4.69) is 16.4 Å².